The summed E-state index contributed by atoms with van der Waals surface area (Å²) in [6.45, 7) is 7.39. The summed E-state index contributed by atoms with van der Waals surface area (Å²) in [6, 6.07) is 0.230. The molecular weight excluding hydrogens is 240 g/mol. The van der Waals surface area contributed by atoms with E-state index in [4.69, 9.17) is 0 Å². The van der Waals surface area contributed by atoms with Crippen molar-refractivity contribution >= 4 is 5.97 Å². The Kier molecular flexibility index (Phi) is 6.80. The van der Waals surface area contributed by atoms with E-state index in [0.29, 0.717) is 5.92 Å². The Morgan fingerprint density at radius 3 is 2.37 bits per heavy atom. The summed E-state index contributed by atoms with van der Waals surface area (Å²) in [4.78, 5) is 16.0. The first-order valence-electron chi connectivity index (χ1n) is 7.53. The van der Waals surface area contributed by atoms with E-state index in [1.165, 1.54) is 6.42 Å². The third kappa shape index (κ3) is 5.49. The zero-order valence-corrected chi connectivity index (χ0v) is 12.9. The minimum absolute atomic E-state index is 0.172. The van der Waals surface area contributed by atoms with Crippen LogP contribution in [0.1, 0.15) is 39.5 Å². The van der Waals surface area contributed by atoms with Gasteiger partial charge in [-0.05, 0) is 32.9 Å². The van der Waals surface area contributed by atoms with Crippen LogP contribution in [0.25, 0.3) is 0 Å². The number of hydrogen-bond donors (Lipinski definition) is 1. The first-order chi connectivity index (χ1) is 8.91. The Balaban J connectivity index is 2.71. The zero-order valence-electron chi connectivity index (χ0n) is 12.9. The quantitative estimate of drug-likeness (QED) is 0.770. The molecular formula is C15H30N2O2. The van der Waals surface area contributed by atoms with Crippen molar-refractivity contribution in [1.82, 2.24) is 9.80 Å². The van der Waals surface area contributed by atoms with Crippen LogP contribution in [0.3, 0.4) is 0 Å². The average Bonchev–Trinajstić information content (AvgIpc) is 2.33. The smallest absolute Gasteiger partial charge is 0.308 e. The van der Waals surface area contributed by atoms with Gasteiger partial charge in [-0.1, -0.05) is 26.7 Å². The molecule has 0 aromatic rings. The van der Waals surface area contributed by atoms with Gasteiger partial charge in [0.2, 0.25) is 0 Å². The standard InChI is InChI=1S/C15H30N2O2/c1-12(2)11-17(10-9-16(3)4)14-8-6-5-7-13(14)15(18)19/h12-14H,5-11H2,1-4H3,(H,18,19). The molecule has 1 fully saturated rings. The van der Waals surface area contributed by atoms with Crippen molar-refractivity contribution < 1.29 is 9.90 Å². The summed E-state index contributed by atoms with van der Waals surface area (Å²) in [6.07, 6.45) is 4.12. The van der Waals surface area contributed by atoms with Crippen molar-refractivity contribution in [2.24, 2.45) is 11.8 Å². The maximum atomic E-state index is 11.5. The fourth-order valence-corrected chi connectivity index (χ4v) is 3.03. The van der Waals surface area contributed by atoms with Crippen LogP contribution in [-0.4, -0.2) is 60.6 Å². The predicted octanol–water partition coefficient (Wildman–Crippen LogP) is 2.15. The van der Waals surface area contributed by atoms with Gasteiger partial charge in [0.15, 0.2) is 0 Å². The van der Waals surface area contributed by atoms with Crippen LogP contribution in [0.2, 0.25) is 0 Å². The number of carboxylic acids is 1. The van der Waals surface area contributed by atoms with Gasteiger partial charge in [-0.25, -0.2) is 0 Å². The van der Waals surface area contributed by atoms with Crippen LogP contribution >= 0.6 is 0 Å². The van der Waals surface area contributed by atoms with Crippen LogP contribution in [0, 0.1) is 11.8 Å². The van der Waals surface area contributed by atoms with Crippen molar-refractivity contribution in [2.75, 3.05) is 33.7 Å². The summed E-state index contributed by atoms with van der Waals surface area (Å²) in [5.74, 6) is -0.198. The Labute approximate surface area is 117 Å². The van der Waals surface area contributed by atoms with Gasteiger partial charge < -0.3 is 10.0 Å². The molecule has 1 aliphatic carbocycles. The summed E-state index contributed by atoms with van der Waals surface area (Å²) in [5.41, 5.74) is 0. The number of aliphatic carboxylic acids is 1. The van der Waals surface area contributed by atoms with Crippen molar-refractivity contribution in [2.45, 2.75) is 45.6 Å². The van der Waals surface area contributed by atoms with Crippen LogP contribution in [0.15, 0.2) is 0 Å². The number of carbonyl (C=O) groups is 1. The molecule has 4 heteroatoms. The number of likely N-dealkylation sites (N-methyl/N-ethyl adjacent to an activating group) is 1. The lowest BCUT2D eigenvalue weighted by atomic mass is 9.83. The molecule has 0 aromatic heterocycles. The highest BCUT2D eigenvalue weighted by Crippen LogP contribution is 2.29. The van der Waals surface area contributed by atoms with Gasteiger partial charge in [-0.3, -0.25) is 9.69 Å². The fraction of sp³-hybridized carbons (Fsp3) is 0.933. The zero-order chi connectivity index (χ0) is 14.4. The molecule has 1 rings (SSSR count). The molecule has 0 radical (unpaired) electrons. The van der Waals surface area contributed by atoms with E-state index >= 15 is 0 Å². The lowest BCUT2D eigenvalue weighted by Gasteiger charge is -2.39. The predicted molar refractivity (Wildman–Crippen MR) is 78.3 cm³/mol. The first kappa shape index (κ1) is 16.4. The molecule has 4 nitrogen and oxygen atoms in total. The third-order valence-electron chi connectivity index (χ3n) is 3.95. The Morgan fingerprint density at radius 1 is 1.21 bits per heavy atom. The number of carboxylic acid groups (broad SMARTS) is 1. The Hall–Kier alpha value is -0.610. The lowest BCUT2D eigenvalue weighted by Crippen LogP contribution is -2.48. The maximum Gasteiger partial charge on any atom is 0.308 e. The molecule has 1 N–H and O–H groups in total. The van der Waals surface area contributed by atoms with E-state index in [9.17, 15) is 9.90 Å². The molecule has 0 spiro atoms. The normalized spacial score (nSPS) is 24.4. The van der Waals surface area contributed by atoms with Crippen LogP contribution in [0.4, 0.5) is 0 Å². The van der Waals surface area contributed by atoms with E-state index in [0.717, 1.165) is 38.9 Å². The van der Waals surface area contributed by atoms with Gasteiger partial charge in [0, 0.05) is 25.7 Å². The molecule has 2 unspecified atom stereocenters. The summed E-state index contributed by atoms with van der Waals surface area (Å²) >= 11 is 0. The van der Waals surface area contributed by atoms with E-state index < -0.39 is 5.97 Å². The molecule has 0 bridgehead atoms. The molecule has 1 saturated carbocycles. The molecule has 19 heavy (non-hydrogen) atoms. The van der Waals surface area contributed by atoms with Crippen LogP contribution in [-0.2, 0) is 4.79 Å². The lowest BCUT2D eigenvalue weighted by molar-refractivity contribution is -0.145. The summed E-state index contributed by atoms with van der Waals surface area (Å²) < 4.78 is 0. The number of nitrogens with zero attached hydrogens (tertiary/aromatic N) is 2. The monoisotopic (exact) mass is 270 g/mol. The molecule has 0 saturated heterocycles. The van der Waals surface area contributed by atoms with Gasteiger partial charge in [-0.15, -0.1) is 0 Å². The van der Waals surface area contributed by atoms with Gasteiger partial charge in [0.05, 0.1) is 5.92 Å². The molecule has 0 amide bonds. The fourth-order valence-electron chi connectivity index (χ4n) is 3.03. The van der Waals surface area contributed by atoms with E-state index in [-0.39, 0.29) is 12.0 Å². The van der Waals surface area contributed by atoms with Gasteiger partial charge in [-0.2, -0.15) is 0 Å². The van der Waals surface area contributed by atoms with Crippen molar-refractivity contribution in [3.05, 3.63) is 0 Å². The van der Waals surface area contributed by atoms with Crippen molar-refractivity contribution in [3.8, 4) is 0 Å². The SMILES string of the molecule is CC(C)CN(CCN(C)C)C1CCCCC1C(=O)O. The Bertz CT molecular complexity index is 279. The first-order valence-corrected chi connectivity index (χ1v) is 7.53. The number of rotatable bonds is 7. The molecule has 1 aliphatic rings. The van der Waals surface area contributed by atoms with Gasteiger partial charge in [0.25, 0.3) is 0 Å². The second-order valence-corrected chi connectivity index (χ2v) is 6.49. The molecule has 0 aliphatic heterocycles. The van der Waals surface area contributed by atoms with E-state index in [2.05, 4.69) is 37.7 Å². The van der Waals surface area contributed by atoms with E-state index in [1.807, 2.05) is 0 Å². The van der Waals surface area contributed by atoms with Crippen molar-refractivity contribution in [1.29, 1.82) is 0 Å². The highest BCUT2D eigenvalue weighted by atomic mass is 16.4. The minimum Gasteiger partial charge on any atom is -0.481 e. The highest BCUT2D eigenvalue weighted by molar-refractivity contribution is 5.71. The van der Waals surface area contributed by atoms with Crippen LogP contribution in [0.5, 0.6) is 0 Å². The molecule has 0 heterocycles. The second kappa shape index (κ2) is 7.85. The summed E-state index contributed by atoms with van der Waals surface area (Å²) in [5, 5.41) is 9.43. The molecule has 2 atom stereocenters. The molecule has 0 aromatic carbocycles. The molecule has 112 valence electrons. The van der Waals surface area contributed by atoms with E-state index in [1.54, 1.807) is 0 Å². The van der Waals surface area contributed by atoms with Crippen LogP contribution < -0.4 is 0 Å². The Morgan fingerprint density at radius 2 is 1.84 bits per heavy atom. The second-order valence-electron chi connectivity index (χ2n) is 6.49. The van der Waals surface area contributed by atoms with Crippen molar-refractivity contribution in [3.63, 3.8) is 0 Å². The third-order valence-corrected chi connectivity index (χ3v) is 3.95. The minimum atomic E-state index is -0.608. The number of hydrogen-bond acceptors (Lipinski definition) is 3. The largest absolute Gasteiger partial charge is 0.481 e. The van der Waals surface area contributed by atoms with Gasteiger partial charge >= 0.3 is 5.97 Å². The topological polar surface area (TPSA) is 43.8 Å². The van der Waals surface area contributed by atoms with Gasteiger partial charge in [0.1, 0.15) is 0 Å². The summed E-state index contributed by atoms with van der Waals surface area (Å²) in [7, 11) is 4.15. The average molecular weight is 270 g/mol. The maximum absolute atomic E-state index is 11.5. The highest BCUT2D eigenvalue weighted by Gasteiger charge is 2.34.